The van der Waals surface area contributed by atoms with E-state index in [0.29, 0.717) is 18.9 Å². The molecule has 4 rings (SSSR count). The van der Waals surface area contributed by atoms with Gasteiger partial charge < -0.3 is 19.5 Å². The Balaban J connectivity index is 1.37. The van der Waals surface area contributed by atoms with Gasteiger partial charge in [-0.15, -0.1) is 0 Å². The monoisotopic (exact) mass is 390 g/mol. The van der Waals surface area contributed by atoms with Crippen LogP contribution in [0.1, 0.15) is 18.7 Å². The molecular weight excluding hydrogens is 364 g/mol. The van der Waals surface area contributed by atoms with Crippen molar-refractivity contribution in [2.75, 3.05) is 38.2 Å². The van der Waals surface area contributed by atoms with Gasteiger partial charge in [-0.25, -0.2) is 4.98 Å². The van der Waals surface area contributed by atoms with Gasteiger partial charge in [-0.1, -0.05) is 30.3 Å². The molecule has 1 aliphatic heterocycles. The second kappa shape index (κ2) is 8.39. The predicted octanol–water partition coefficient (Wildman–Crippen LogP) is 3.54. The van der Waals surface area contributed by atoms with Gasteiger partial charge in [0.05, 0.1) is 24.9 Å². The first-order valence-corrected chi connectivity index (χ1v) is 9.94. The van der Waals surface area contributed by atoms with Gasteiger partial charge in [0, 0.05) is 31.9 Å². The number of carbonyl (C=O) groups excluding carboxylic acids is 1. The molecule has 6 heteroatoms. The average Bonchev–Trinajstić information content (AvgIpc) is 3.29. The van der Waals surface area contributed by atoms with E-state index in [1.54, 1.807) is 13.3 Å². The van der Waals surface area contributed by atoms with Crippen molar-refractivity contribution >= 4 is 11.6 Å². The van der Waals surface area contributed by atoms with Crippen LogP contribution >= 0.6 is 0 Å². The van der Waals surface area contributed by atoms with Crippen molar-refractivity contribution in [1.29, 1.82) is 0 Å². The highest BCUT2D eigenvalue weighted by Crippen LogP contribution is 2.24. The number of benzene rings is 2. The van der Waals surface area contributed by atoms with Gasteiger partial charge in [-0.3, -0.25) is 4.79 Å². The molecule has 2 aromatic carbocycles. The predicted molar refractivity (Wildman–Crippen MR) is 114 cm³/mol. The molecule has 6 nitrogen and oxygen atoms in total. The van der Waals surface area contributed by atoms with E-state index in [-0.39, 0.29) is 11.8 Å². The third kappa shape index (κ3) is 4.11. The molecule has 1 atom stereocenters. The van der Waals surface area contributed by atoms with Gasteiger partial charge in [-0.05, 0) is 36.8 Å². The lowest BCUT2D eigenvalue weighted by atomic mass is 10.1. The number of nitrogens with zero attached hydrogens (tertiary/aromatic N) is 3. The molecule has 1 aromatic heterocycles. The Morgan fingerprint density at radius 3 is 2.38 bits per heavy atom. The summed E-state index contributed by atoms with van der Waals surface area (Å²) >= 11 is 0. The highest BCUT2D eigenvalue weighted by atomic mass is 16.5. The molecule has 3 aromatic rings. The van der Waals surface area contributed by atoms with Crippen LogP contribution in [0.3, 0.4) is 0 Å². The minimum Gasteiger partial charge on any atom is -0.497 e. The van der Waals surface area contributed by atoms with Crippen molar-refractivity contribution in [3.05, 3.63) is 66.6 Å². The van der Waals surface area contributed by atoms with Gasteiger partial charge in [0.15, 0.2) is 0 Å². The number of anilines is 1. The number of nitrogens with one attached hydrogen (secondary N) is 1. The Labute approximate surface area is 171 Å². The van der Waals surface area contributed by atoms with E-state index in [9.17, 15) is 4.79 Å². The highest BCUT2D eigenvalue weighted by molar-refractivity contribution is 5.83. The summed E-state index contributed by atoms with van der Waals surface area (Å²) in [5, 5.41) is 0. The molecular formula is C23H26N4O2. The molecule has 2 heterocycles. The summed E-state index contributed by atoms with van der Waals surface area (Å²) in [4.78, 5) is 25.0. The van der Waals surface area contributed by atoms with Gasteiger partial charge in [0.25, 0.3) is 0 Å². The Hall–Kier alpha value is -3.28. The van der Waals surface area contributed by atoms with Crippen LogP contribution in [0, 0.1) is 0 Å². The first kappa shape index (κ1) is 19.1. The van der Waals surface area contributed by atoms with Crippen LogP contribution in [0.4, 0.5) is 5.69 Å². The van der Waals surface area contributed by atoms with Gasteiger partial charge in [0.2, 0.25) is 5.91 Å². The lowest BCUT2D eigenvalue weighted by Gasteiger charge is -2.37. The molecule has 150 valence electrons. The van der Waals surface area contributed by atoms with Crippen LogP contribution in [0.15, 0.2) is 60.8 Å². The van der Waals surface area contributed by atoms with E-state index in [2.05, 4.69) is 27.0 Å². The lowest BCUT2D eigenvalue weighted by molar-refractivity contribution is -0.132. The first-order valence-electron chi connectivity index (χ1n) is 9.94. The summed E-state index contributed by atoms with van der Waals surface area (Å²) in [6, 6.07) is 18.1. The van der Waals surface area contributed by atoms with Gasteiger partial charge in [-0.2, -0.15) is 0 Å². The maximum absolute atomic E-state index is 13.0. The minimum atomic E-state index is -0.292. The summed E-state index contributed by atoms with van der Waals surface area (Å²) in [6.07, 6.45) is 1.80. The molecule has 1 amide bonds. The number of hydrogen-bond acceptors (Lipinski definition) is 4. The van der Waals surface area contributed by atoms with Crippen LogP contribution in [0.5, 0.6) is 5.75 Å². The number of ether oxygens (including phenoxy) is 1. The van der Waals surface area contributed by atoms with Crippen molar-refractivity contribution in [2.45, 2.75) is 12.8 Å². The van der Waals surface area contributed by atoms with Gasteiger partial charge in [0.1, 0.15) is 11.6 Å². The third-order valence-electron chi connectivity index (χ3n) is 5.49. The summed E-state index contributed by atoms with van der Waals surface area (Å²) in [5.74, 6) is 1.39. The number of aromatic nitrogens is 2. The highest BCUT2D eigenvalue weighted by Gasteiger charge is 2.27. The molecule has 0 radical (unpaired) electrons. The quantitative estimate of drug-likeness (QED) is 0.724. The zero-order valence-electron chi connectivity index (χ0n) is 16.8. The fourth-order valence-electron chi connectivity index (χ4n) is 3.69. The molecule has 1 unspecified atom stereocenters. The standard InChI is InChI=1S/C23H26N4O2/c1-17(22-24-16-21(25-22)18-6-4-3-5-7-18)23(28)27-14-12-26(13-15-27)19-8-10-20(29-2)11-9-19/h3-11,16-17H,12-15H2,1-2H3,(H,24,25). The van der Waals surface area contributed by atoms with Crippen LogP contribution in [-0.2, 0) is 4.79 Å². The molecule has 0 saturated carbocycles. The third-order valence-corrected chi connectivity index (χ3v) is 5.49. The van der Waals surface area contributed by atoms with E-state index in [4.69, 9.17) is 4.74 Å². The van der Waals surface area contributed by atoms with E-state index >= 15 is 0 Å². The number of methoxy groups -OCH3 is 1. The molecule has 29 heavy (non-hydrogen) atoms. The number of aromatic amines is 1. The molecule has 0 bridgehead atoms. The summed E-state index contributed by atoms with van der Waals surface area (Å²) in [5.41, 5.74) is 3.16. The van der Waals surface area contributed by atoms with Crippen molar-refractivity contribution in [3.63, 3.8) is 0 Å². The summed E-state index contributed by atoms with van der Waals surface area (Å²) in [6.45, 7) is 4.98. The number of carbonyl (C=O) groups is 1. The largest absolute Gasteiger partial charge is 0.497 e. The maximum atomic E-state index is 13.0. The molecule has 0 spiro atoms. The van der Waals surface area contributed by atoms with Crippen LogP contribution in [0.2, 0.25) is 0 Å². The number of hydrogen-bond donors (Lipinski definition) is 1. The summed E-state index contributed by atoms with van der Waals surface area (Å²) in [7, 11) is 1.67. The zero-order chi connectivity index (χ0) is 20.2. The zero-order valence-corrected chi connectivity index (χ0v) is 16.8. The number of imidazole rings is 1. The Morgan fingerprint density at radius 1 is 1.03 bits per heavy atom. The van der Waals surface area contributed by atoms with E-state index < -0.39 is 0 Å². The number of rotatable bonds is 5. The second-order valence-corrected chi connectivity index (χ2v) is 7.28. The van der Waals surface area contributed by atoms with Crippen molar-refractivity contribution < 1.29 is 9.53 Å². The number of amides is 1. The molecule has 1 saturated heterocycles. The Bertz CT molecular complexity index is 945. The van der Waals surface area contributed by atoms with E-state index in [1.807, 2.05) is 54.3 Å². The normalized spacial score (nSPS) is 15.2. The topological polar surface area (TPSA) is 61.5 Å². The molecule has 1 N–H and O–H groups in total. The smallest absolute Gasteiger partial charge is 0.233 e. The van der Waals surface area contributed by atoms with Crippen LogP contribution in [-0.4, -0.2) is 54.1 Å². The lowest BCUT2D eigenvalue weighted by Crippen LogP contribution is -2.49. The molecule has 1 fully saturated rings. The number of piperazine rings is 1. The number of H-pyrrole nitrogens is 1. The SMILES string of the molecule is COc1ccc(N2CCN(C(=O)C(C)c3ncc(-c4ccccc4)[nH]3)CC2)cc1. The Kier molecular flexibility index (Phi) is 5.51. The van der Waals surface area contributed by atoms with Crippen molar-refractivity contribution in [2.24, 2.45) is 0 Å². The summed E-state index contributed by atoms with van der Waals surface area (Å²) < 4.78 is 5.22. The molecule has 0 aliphatic carbocycles. The van der Waals surface area contributed by atoms with Crippen LogP contribution < -0.4 is 9.64 Å². The average molecular weight is 390 g/mol. The first-order chi connectivity index (χ1) is 14.2. The Morgan fingerprint density at radius 2 is 1.72 bits per heavy atom. The van der Waals surface area contributed by atoms with E-state index in [1.165, 1.54) is 0 Å². The maximum Gasteiger partial charge on any atom is 0.233 e. The van der Waals surface area contributed by atoms with Crippen molar-refractivity contribution in [3.8, 4) is 17.0 Å². The fourth-order valence-corrected chi connectivity index (χ4v) is 3.69. The molecule has 1 aliphatic rings. The second-order valence-electron chi connectivity index (χ2n) is 7.28. The fraction of sp³-hybridized carbons (Fsp3) is 0.304. The van der Waals surface area contributed by atoms with E-state index in [0.717, 1.165) is 35.8 Å². The van der Waals surface area contributed by atoms with Crippen molar-refractivity contribution in [1.82, 2.24) is 14.9 Å². The minimum absolute atomic E-state index is 0.119. The van der Waals surface area contributed by atoms with Crippen LogP contribution in [0.25, 0.3) is 11.3 Å². The van der Waals surface area contributed by atoms with Gasteiger partial charge >= 0.3 is 0 Å².